The molecular formula is C13H14ClN5. The molecule has 0 aliphatic heterocycles. The second kappa shape index (κ2) is 4.59. The Morgan fingerprint density at radius 2 is 2.21 bits per heavy atom. The van der Waals surface area contributed by atoms with Gasteiger partial charge in [0.05, 0.1) is 29.5 Å². The number of halogens is 1. The van der Waals surface area contributed by atoms with Gasteiger partial charge in [0, 0.05) is 17.8 Å². The molecule has 0 radical (unpaired) electrons. The maximum Gasteiger partial charge on any atom is 0.131 e. The second-order valence-corrected chi connectivity index (χ2v) is 4.81. The average Bonchev–Trinajstić information content (AvgIpc) is 2.92. The van der Waals surface area contributed by atoms with Crippen molar-refractivity contribution in [2.75, 3.05) is 5.73 Å². The molecule has 0 atom stereocenters. The van der Waals surface area contributed by atoms with E-state index in [9.17, 15) is 0 Å². The Morgan fingerprint density at radius 1 is 1.37 bits per heavy atom. The van der Waals surface area contributed by atoms with E-state index < -0.39 is 0 Å². The number of nitrogens with zero attached hydrogens (tertiary/aromatic N) is 4. The number of anilines is 1. The number of benzene rings is 1. The molecule has 6 heteroatoms. The molecule has 3 aromatic rings. The molecule has 2 aromatic heterocycles. The van der Waals surface area contributed by atoms with Crippen LogP contribution in [0.2, 0.25) is 5.02 Å². The zero-order valence-electron chi connectivity index (χ0n) is 10.5. The zero-order valence-corrected chi connectivity index (χ0v) is 11.3. The summed E-state index contributed by atoms with van der Waals surface area (Å²) in [5.41, 5.74) is 8.32. The fourth-order valence-corrected chi connectivity index (χ4v) is 2.40. The number of aromatic nitrogens is 4. The van der Waals surface area contributed by atoms with Gasteiger partial charge in [-0.1, -0.05) is 11.6 Å². The molecule has 0 aliphatic rings. The fraction of sp³-hybridized carbons (Fsp3) is 0.231. The Labute approximate surface area is 115 Å². The molecule has 0 saturated heterocycles. The maximum atomic E-state index is 6.00. The van der Waals surface area contributed by atoms with Crippen molar-refractivity contribution in [1.29, 1.82) is 0 Å². The highest BCUT2D eigenvalue weighted by atomic mass is 35.5. The number of hydrogen-bond acceptors (Lipinski definition) is 3. The third kappa shape index (κ3) is 2.17. The number of fused-ring (bicyclic) bond motifs is 1. The van der Waals surface area contributed by atoms with Crippen LogP contribution < -0.4 is 5.73 Å². The van der Waals surface area contributed by atoms with Crippen molar-refractivity contribution in [3.63, 3.8) is 0 Å². The first-order valence-electron chi connectivity index (χ1n) is 6.10. The Morgan fingerprint density at radius 3 is 2.89 bits per heavy atom. The number of hydrogen-bond donors (Lipinski definition) is 1. The van der Waals surface area contributed by atoms with E-state index in [-0.39, 0.29) is 0 Å². The summed E-state index contributed by atoms with van der Waals surface area (Å²) in [5.74, 6) is 0.947. The third-order valence-corrected chi connectivity index (χ3v) is 3.30. The van der Waals surface area contributed by atoms with Gasteiger partial charge in [-0.05, 0) is 25.1 Å². The Hall–Kier alpha value is -2.01. The second-order valence-electron chi connectivity index (χ2n) is 4.38. The van der Waals surface area contributed by atoms with Crippen molar-refractivity contribution >= 4 is 28.3 Å². The predicted octanol–water partition coefficient (Wildman–Crippen LogP) is 2.54. The van der Waals surface area contributed by atoms with Crippen LogP contribution in [0.15, 0.2) is 30.6 Å². The minimum Gasteiger partial charge on any atom is -0.396 e. The van der Waals surface area contributed by atoms with Crippen LogP contribution in [0.5, 0.6) is 0 Å². The fourth-order valence-electron chi connectivity index (χ4n) is 2.24. The lowest BCUT2D eigenvalue weighted by Crippen LogP contribution is -2.08. The summed E-state index contributed by atoms with van der Waals surface area (Å²) in [6.07, 6.45) is 3.43. The SMILES string of the molecule is CCn1c(Cn2cc(N)cn2)nc2cc(Cl)ccc21. The van der Waals surface area contributed by atoms with E-state index in [1.165, 1.54) is 0 Å². The summed E-state index contributed by atoms with van der Waals surface area (Å²) >= 11 is 6.00. The van der Waals surface area contributed by atoms with Gasteiger partial charge in [0.15, 0.2) is 0 Å². The predicted molar refractivity (Wildman–Crippen MR) is 76.2 cm³/mol. The third-order valence-electron chi connectivity index (χ3n) is 3.06. The monoisotopic (exact) mass is 275 g/mol. The number of nitrogen functional groups attached to an aromatic ring is 1. The van der Waals surface area contributed by atoms with Gasteiger partial charge in [0.25, 0.3) is 0 Å². The van der Waals surface area contributed by atoms with E-state index in [0.29, 0.717) is 17.3 Å². The number of aryl methyl sites for hydroxylation is 1. The molecule has 0 bridgehead atoms. The first kappa shape index (κ1) is 12.0. The molecule has 2 N–H and O–H groups in total. The minimum absolute atomic E-state index is 0.595. The van der Waals surface area contributed by atoms with Crippen LogP contribution in [-0.2, 0) is 13.1 Å². The summed E-state index contributed by atoms with van der Waals surface area (Å²) in [7, 11) is 0. The van der Waals surface area contributed by atoms with Crippen LogP contribution in [0.1, 0.15) is 12.7 Å². The maximum absolute atomic E-state index is 6.00. The Balaban J connectivity index is 2.07. The van der Waals surface area contributed by atoms with E-state index in [0.717, 1.165) is 23.4 Å². The highest BCUT2D eigenvalue weighted by Crippen LogP contribution is 2.21. The van der Waals surface area contributed by atoms with Crippen LogP contribution in [0.4, 0.5) is 5.69 Å². The summed E-state index contributed by atoms with van der Waals surface area (Å²) in [6, 6.07) is 5.76. The summed E-state index contributed by atoms with van der Waals surface area (Å²) < 4.78 is 3.94. The van der Waals surface area contributed by atoms with Gasteiger partial charge >= 0.3 is 0 Å². The standard InChI is InChI=1S/C13H14ClN5/c1-2-19-12-4-3-9(14)5-11(12)17-13(19)8-18-7-10(15)6-16-18/h3-7H,2,8,15H2,1H3. The molecule has 3 rings (SSSR count). The van der Waals surface area contributed by atoms with Crippen molar-refractivity contribution in [2.45, 2.75) is 20.0 Å². The summed E-state index contributed by atoms with van der Waals surface area (Å²) in [5, 5.41) is 4.88. The van der Waals surface area contributed by atoms with Crippen molar-refractivity contribution in [3.8, 4) is 0 Å². The van der Waals surface area contributed by atoms with Crippen molar-refractivity contribution < 1.29 is 0 Å². The molecule has 0 unspecified atom stereocenters. The molecular weight excluding hydrogens is 262 g/mol. The Kier molecular flexibility index (Phi) is 2.91. The lowest BCUT2D eigenvalue weighted by Gasteiger charge is -2.05. The Bertz CT molecular complexity index is 728. The highest BCUT2D eigenvalue weighted by molar-refractivity contribution is 6.31. The van der Waals surface area contributed by atoms with Crippen LogP contribution in [0.3, 0.4) is 0 Å². The first-order chi connectivity index (χ1) is 9.17. The number of imidazole rings is 1. The molecule has 0 amide bonds. The van der Waals surface area contributed by atoms with E-state index in [4.69, 9.17) is 17.3 Å². The van der Waals surface area contributed by atoms with Gasteiger partial charge in [-0.2, -0.15) is 5.10 Å². The van der Waals surface area contributed by atoms with E-state index in [1.807, 2.05) is 18.2 Å². The van der Waals surface area contributed by atoms with Crippen molar-refractivity contribution in [2.24, 2.45) is 0 Å². The summed E-state index contributed by atoms with van der Waals surface area (Å²) in [6.45, 7) is 3.54. The van der Waals surface area contributed by atoms with Crippen molar-refractivity contribution in [3.05, 3.63) is 41.4 Å². The van der Waals surface area contributed by atoms with E-state index in [1.54, 1.807) is 17.1 Å². The summed E-state index contributed by atoms with van der Waals surface area (Å²) in [4.78, 5) is 4.63. The zero-order chi connectivity index (χ0) is 13.4. The molecule has 98 valence electrons. The largest absolute Gasteiger partial charge is 0.396 e. The smallest absolute Gasteiger partial charge is 0.131 e. The van der Waals surface area contributed by atoms with Gasteiger partial charge in [0.1, 0.15) is 5.82 Å². The average molecular weight is 276 g/mol. The van der Waals surface area contributed by atoms with Crippen LogP contribution in [0, 0.1) is 0 Å². The molecule has 0 aliphatic carbocycles. The number of nitrogens with two attached hydrogens (primary N) is 1. The molecule has 1 aromatic carbocycles. The molecule has 0 fully saturated rings. The molecule has 0 saturated carbocycles. The van der Waals surface area contributed by atoms with Crippen LogP contribution in [0.25, 0.3) is 11.0 Å². The van der Waals surface area contributed by atoms with Gasteiger partial charge in [-0.15, -0.1) is 0 Å². The molecule has 19 heavy (non-hydrogen) atoms. The van der Waals surface area contributed by atoms with E-state index >= 15 is 0 Å². The molecule has 0 spiro atoms. The molecule has 2 heterocycles. The van der Waals surface area contributed by atoms with Gasteiger partial charge in [0.2, 0.25) is 0 Å². The van der Waals surface area contributed by atoms with Crippen LogP contribution in [-0.4, -0.2) is 19.3 Å². The lowest BCUT2D eigenvalue weighted by atomic mass is 10.3. The van der Waals surface area contributed by atoms with Crippen LogP contribution >= 0.6 is 11.6 Å². The van der Waals surface area contributed by atoms with E-state index in [2.05, 4.69) is 21.6 Å². The molecule has 5 nitrogen and oxygen atoms in total. The topological polar surface area (TPSA) is 61.7 Å². The number of rotatable bonds is 3. The lowest BCUT2D eigenvalue weighted by molar-refractivity contribution is 0.614. The highest BCUT2D eigenvalue weighted by Gasteiger charge is 2.10. The normalized spacial score (nSPS) is 11.3. The van der Waals surface area contributed by atoms with Gasteiger partial charge in [-0.25, -0.2) is 4.98 Å². The van der Waals surface area contributed by atoms with Crippen molar-refractivity contribution in [1.82, 2.24) is 19.3 Å². The van der Waals surface area contributed by atoms with Gasteiger partial charge in [-0.3, -0.25) is 4.68 Å². The van der Waals surface area contributed by atoms with Gasteiger partial charge < -0.3 is 10.3 Å². The quantitative estimate of drug-likeness (QED) is 0.799. The minimum atomic E-state index is 0.595. The first-order valence-corrected chi connectivity index (χ1v) is 6.47.